The van der Waals surface area contributed by atoms with Crippen molar-refractivity contribution in [3.63, 3.8) is 0 Å². The molecule has 5 rings (SSSR count). The highest BCUT2D eigenvalue weighted by molar-refractivity contribution is 5.93. The lowest BCUT2D eigenvalue weighted by molar-refractivity contribution is -0.118. The summed E-state index contributed by atoms with van der Waals surface area (Å²) in [6, 6.07) is 14.2. The molecule has 1 saturated carbocycles. The first-order chi connectivity index (χ1) is 13.7. The highest BCUT2D eigenvalue weighted by Gasteiger charge is 2.33. The first kappa shape index (κ1) is 17.2. The molecule has 1 aromatic heterocycles. The third-order valence-corrected chi connectivity index (χ3v) is 5.79. The van der Waals surface area contributed by atoms with Gasteiger partial charge < -0.3 is 10.1 Å². The summed E-state index contributed by atoms with van der Waals surface area (Å²) in [4.78, 5) is 12.5. The van der Waals surface area contributed by atoms with E-state index in [9.17, 15) is 4.79 Å². The zero-order chi connectivity index (χ0) is 19.1. The van der Waals surface area contributed by atoms with Crippen LogP contribution in [0.3, 0.4) is 0 Å². The van der Waals surface area contributed by atoms with E-state index in [1.807, 2.05) is 30.3 Å². The van der Waals surface area contributed by atoms with Crippen molar-refractivity contribution in [3.05, 3.63) is 70.9 Å². The van der Waals surface area contributed by atoms with Crippen LogP contribution in [0.15, 0.2) is 48.5 Å². The third kappa shape index (κ3) is 3.12. The maximum atomic E-state index is 12.5. The van der Waals surface area contributed by atoms with E-state index in [1.165, 1.54) is 29.5 Å². The van der Waals surface area contributed by atoms with E-state index < -0.39 is 0 Å². The summed E-state index contributed by atoms with van der Waals surface area (Å²) in [6.45, 7) is 0. The number of nitrogens with one attached hydrogen (secondary N) is 2. The Balaban J connectivity index is 1.31. The molecule has 142 valence electrons. The molecule has 2 aliphatic carbocycles. The number of amides is 1. The van der Waals surface area contributed by atoms with Gasteiger partial charge in [-0.1, -0.05) is 36.4 Å². The lowest BCUT2D eigenvalue weighted by atomic mass is 10.1. The molecule has 3 aromatic rings. The van der Waals surface area contributed by atoms with Crippen molar-refractivity contribution < 1.29 is 9.53 Å². The summed E-state index contributed by atoms with van der Waals surface area (Å²) in [5.41, 5.74) is 5.55. The minimum absolute atomic E-state index is 0.0306. The quantitative estimate of drug-likeness (QED) is 0.667. The average molecular weight is 373 g/mol. The van der Waals surface area contributed by atoms with E-state index in [4.69, 9.17) is 4.74 Å². The molecule has 0 unspecified atom stereocenters. The molecule has 0 spiro atoms. The fourth-order valence-electron chi connectivity index (χ4n) is 4.15. The van der Waals surface area contributed by atoms with E-state index in [-0.39, 0.29) is 18.1 Å². The number of aromatic amines is 1. The smallest absolute Gasteiger partial charge is 0.244 e. The van der Waals surface area contributed by atoms with Crippen LogP contribution in [0.2, 0.25) is 0 Å². The summed E-state index contributed by atoms with van der Waals surface area (Å²) in [5, 5.41) is 11.9. The Bertz CT molecular complexity index is 1060. The van der Waals surface area contributed by atoms with Gasteiger partial charge in [0.05, 0.1) is 23.4 Å². The number of aromatic nitrogens is 2. The number of nitrogens with zero attached hydrogens (tertiary/aromatic N) is 1. The number of fused-ring (bicyclic) bond motifs is 2. The number of H-pyrrole nitrogens is 1. The van der Waals surface area contributed by atoms with Crippen molar-refractivity contribution in [2.45, 2.75) is 37.3 Å². The highest BCUT2D eigenvalue weighted by atomic mass is 16.5. The van der Waals surface area contributed by atoms with Crippen molar-refractivity contribution in [2.24, 2.45) is 0 Å². The number of hydrogen-bond donors (Lipinski definition) is 2. The van der Waals surface area contributed by atoms with E-state index in [1.54, 1.807) is 13.2 Å². The third-order valence-electron chi connectivity index (χ3n) is 5.79. The molecule has 1 heterocycles. The second-order valence-electron chi connectivity index (χ2n) is 7.68. The number of carbonyl (C=O) groups excluding carboxylic acids is 1. The monoisotopic (exact) mass is 373 g/mol. The minimum atomic E-state index is -0.118. The Morgan fingerprint density at radius 1 is 1.25 bits per heavy atom. The Labute approximate surface area is 163 Å². The maximum Gasteiger partial charge on any atom is 0.244 e. The van der Waals surface area contributed by atoms with Crippen LogP contribution in [0.1, 0.15) is 47.2 Å². The summed E-state index contributed by atoms with van der Waals surface area (Å²) in [5.74, 6) is 0.496. The lowest BCUT2D eigenvalue weighted by Crippen LogP contribution is -2.33. The molecule has 2 aliphatic rings. The molecule has 1 amide bonds. The second-order valence-corrected chi connectivity index (χ2v) is 7.68. The topological polar surface area (TPSA) is 67.0 Å². The van der Waals surface area contributed by atoms with Gasteiger partial charge in [0.25, 0.3) is 0 Å². The zero-order valence-corrected chi connectivity index (χ0v) is 15.8. The normalized spacial score (nSPS) is 21.3. The van der Waals surface area contributed by atoms with Crippen molar-refractivity contribution in [1.82, 2.24) is 15.5 Å². The van der Waals surface area contributed by atoms with Gasteiger partial charge in [-0.15, -0.1) is 0 Å². The maximum absolute atomic E-state index is 12.5. The molecule has 28 heavy (non-hydrogen) atoms. The van der Waals surface area contributed by atoms with E-state index in [2.05, 4.69) is 33.7 Å². The van der Waals surface area contributed by atoms with E-state index in [0.29, 0.717) is 5.92 Å². The molecule has 1 fully saturated rings. The first-order valence-electron chi connectivity index (χ1n) is 9.80. The number of ether oxygens (including phenoxy) is 1. The van der Waals surface area contributed by atoms with Crippen molar-refractivity contribution in [2.75, 3.05) is 7.11 Å². The number of methoxy groups -OCH3 is 1. The highest BCUT2D eigenvalue weighted by Crippen LogP contribution is 2.42. The minimum Gasteiger partial charge on any atom is -0.379 e. The van der Waals surface area contributed by atoms with Gasteiger partial charge in [-0.05, 0) is 41.7 Å². The van der Waals surface area contributed by atoms with Crippen LogP contribution in [0.4, 0.5) is 0 Å². The van der Waals surface area contributed by atoms with Crippen LogP contribution in [0.25, 0.3) is 17.0 Å². The number of hydrogen-bond acceptors (Lipinski definition) is 3. The zero-order valence-electron chi connectivity index (χ0n) is 15.8. The lowest BCUT2D eigenvalue weighted by Gasteiger charge is -2.19. The van der Waals surface area contributed by atoms with Crippen LogP contribution in [0.5, 0.6) is 0 Å². The largest absolute Gasteiger partial charge is 0.379 e. The molecule has 0 saturated heterocycles. The molecule has 0 aliphatic heterocycles. The standard InChI is InChI=1S/C23H23N3O2/c1-28-20-13-16-4-2-3-5-17(16)23(20)24-21(27)11-7-14-6-10-18-19(12-14)25-26-22(18)15-8-9-15/h2-7,10-12,15,20,23H,8-9,13H2,1H3,(H,24,27)(H,25,26)/b11-7+/t20-,23-/m0/s1. The molecule has 5 nitrogen and oxygen atoms in total. The Morgan fingerprint density at radius 3 is 2.93 bits per heavy atom. The Hall–Kier alpha value is -2.92. The van der Waals surface area contributed by atoms with Gasteiger partial charge in [-0.2, -0.15) is 5.10 Å². The van der Waals surface area contributed by atoms with Crippen LogP contribution in [-0.4, -0.2) is 29.3 Å². The van der Waals surface area contributed by atoms with Gasteiger partial charge in [0.1, 0.15) is 0 Å². The fraction of sp³-hybridized carbons (Fsp3) is 0.304. The predicted molar refractivity (Wildman–Crippen MR) is 109 cm³/mol. The van der Waals surface area contributed by atoms with Crippen LogP contribution in [0, 0.1) is 0 Å². The van der Waals surface area contributed by atoms with Gasteiger partial charge in [-0.3, -0.25) is 9.89 Å². The van der Waals surface area contributed by atoms with E-state index >= 15 is 0 Å². The summed E-state index contributed by atoms with van der Waals surface area (Å²) < 4.78 is 5.59. The molecular weight excluding hydrogens is 350 g/mol. The molecule has 2 atom stereocenters. The van der Waals surface area contributed by atoms with Crippen LogP contribution < -0.4 is 5.32 Å². The summed E-state index contributed by atoms with van der Waals surface area (Å²) >= 11 is 0. The molecule has 5 heteroatoms. The molecule has 2 aromatic carbocycles. The molecule has 2 N–H and O–H groups in total. The number of carbonyl (C=O) groups is 1. The van der Waals surface area contributed by atoms with Crippen LogP contribution in [-0.2, 0) is 16.0 Å². The average Bonchev–Trinajstić information content (AvgIpc) is 3.38. The van der Waals surface area contributed by atoms with Crippen molar-refractivity contribution >= 4 is 22.9 Å². The van der Waals surface area contributed by atoms with Gasteiger partial charge in [0.15, 0.2) is 0 Å². The van der Waals surface area contributed by atoms with E-state index in [0.717, 1.165) is 23.1 Å². The number of rotatable bonds is 5. The molecule has 0 radical (unpaired) electrons. The second kappa shape index (κ2) is 6.91. The van der Waals surface area contributed by atoms with Crippen molar-refractivity contribution in [1.29, 1.82) is 0 Å². The Kier molecular flexibility index (Phi) is 4.24. The summed E-state index contributed by atoms with van der Waals surface area (Å²) in [6.07, 6.45) is 6.68. The van der Waals surface area contributed by atoms with Gasteiger partial charge in [0.2, 0.25) is 5.91 Å². The van der Waals surface area contributed by atoms with Crippen LogP contribution >= 0.6 is 0 Å². The Morgan fingerprint density at radius 2 is 2.11 bits per heavy atom. The first-order valence-corrected chi connectivity index (χ1v) is 9.80. The van der Waals surface area contributed by atoms with Gasteiger partial charge in [0, 0.05) is 30.9 Å². The number of benzene rings is 2. The molecular formula is C23H23N3O2. The van der Waals surface area contributed by atoms with Crippen molar-refractivity contribution in [3.8, 4) is 0 Å². The molecule has 0 bridgehead atoms. The fourth-order valence-corrected chi connectivity index (χ4v) is 4.15. The SMILES string of the molecule is CO[C@H]1Cc2ccccc2[C@@H]1NC(=O)/C=C/c1ccc2c(C3CC3)n[nH]c2c1. The predicted octanol–water partition coefficient (Wildman–Crippen LogP) is 3.88. The summed E-state index contributed by atoms with van der Waals surface area (Å²) in [7, 11) is 1.70. The van der Waals surface area contributed by atoms with Gasteiger partial charge >= 0.3 is 0 Å². The van der Waals surface area contributed by atoms with Gasteiger partial charge in [-0.25, -0.2) is 0 Å².